The van der Waals surface area contributed by atoms with Gasteiger partial charge in [-0.05, 0) is 88.3 Å². The third-order valence-corrected chi connectivity index (χ3v) is 10.6. The Morgan fingerprint density at radius 1 is 1.11 bits per heavy atom. The van der Waals surface area contributed by atoms with Crippen LogP contribution in [0.1, 0.15) is 55.9 Å². The summed E-state index contributed by atoms with van der Waals surface area (Å²) >= 11 is 1.47. The Bertz CT molecular complexity index is 1400. The van der Waals surface area contributed by atoms with E-state index in [4.69, 9.17) is 18.9 Å². The number of fused-ring (bicyclic) bond motifs is 1. The SMILES string of the molecule is CCOc1ccc(C[C@H](NC(=O)O[C@@H]2CO[C@@H]3OCCC[C@@H]32)[C@H](O)C(=O)N2CSC(C)(C)[C@H]2C(=O)NCc2c(C)cccc2C)cc1. The van der Waals surface area contributed by atoms with Crippen LogP contribution < -0.4 is 15.4 Å². The summed E-state index contributed by atoms with van der Waals surface area (Å²) in [6.45, 7) is 11.4. The van der Waals surface area contributed by atoms with Crippen LogP contribution in [-0.2, 0) is 36.8 Å². The Morgan fingerprint density at radius 2 is 1.83 bits per heavy atom. The molecule has 5 rings (SSSR count). The zero-order chi connectivity index (χ0) is 33.7. The predicted octanol–water partition coefficient (Wildman–Crippen LogP) is 3.85. The second kappa shape index (κ2) is 15.3. The van der Waals surface area contributed by atoms with Crippen LogP contribution in [0.4, 0.5) is 4.79 Å². The summed E-state index contributed by atoms with van der Waals surface area (Å²) in [7, 11) is 0. The first kappa shape index (κ1) is 35.0. The molecule has 0 saturated carbocycles. The highest BCUT2D eigenvalue weighted by atomic mass is 32.2. The number of nitrogens with one attached hydrogen (secondary N) is 2. The van der Waals surface area contributed by atoms with E-state index in [1.165, 1.54) is 16.7 Å². The van der Waals surface area contributed by atoms with Crippen LogP contribution in [-0.4, -0.2) is 88.9 Å². The number of hydrogen-bond donors (Lipinski definition) is 3. The van der Waals surface area contributed by atoms with Crippen molar-refractivity contribution in [2.75, 3.05) is 25.7 Å². The number of alkyl carbamates (subject to hydrolysis) is 1. The fourth-order valence-electron chi connectivity index (χ4n) is 6.61. The van der Waals surface area contributed by atoms with Crippen molar-refractivity contribution in [3.8, 4) is 5.75 Å². The van der Waals surface area contributed by atoms with Crippen molar-refractivity contribution in [1.82, 2.24) is 15.5 Å². The highest BCUT2D eigenvalue weighted by Gasteiger charge is 2.50. The summed E-state index contributed by atoms with van der Waals surface area (Å²) in [6, 6.07) is 11.4. The molecular weight excluding hydrogens is 622 g/mol. The van der Waals surface area contributed by atoms with Gasteiger partial charge in [-0.3, -0.25) is 9.59 Å². The smallest absolute Gasteiger partial charge is 0.407 e. The molecule has 0 aliphatic carbocycles. The van der Waals surface area contributed by atoms with E-state index in [9.17, 15) is 19.5 Å². The predicted molar refractivity (Wildman–Crippen MR) is 178 cm³/mol. The van der Waals surface area contributed by atoms with Gasteiger partial charge in [-0.2, -0.15) is 0 Å². The van der Waals surface area contributed by atoms with Crippen molar-refractivity contribution in [2.45, 2.75) is 95.8 Å². The number of thioether (sulfide) groups is 1. The zero-order valence-electron chi connectivity index (χ0n) is 27.8. The molecule has 0 aromatic heterocycles. The van der Waals surface area contributed by atoms with E-state index in [1.807, 2.05) is 65.0 Å². The molecule has 47 heavy (non-hydrogen) atoms. The van der Waals surface area contributed by atoms with Gasteiger partial charge in [-0.15, -0.1) is 11.8 Å². The van der Waals surface area contributed by atoms with Gasteiger partial charge in [0.15, 0.2) is 12.4 Å². The van der Waals surface area contributed by atoms with Crippen LogP contribution in [0.3, 0.4) is 0 Å². The van der Waals surface area contributed by atoms with E-state index in [0.717, 1.165) is 35.1 Å². The lowest BCUT2D eigenvalue weighted by atomic mass is 9.96. The number of nitrogens with zero attached hydrogens (tertiary/aromatic N) is 1. The fraction of sp³-hybridized carbons (Fsp3) is 0.571. The molecule has 11 nitrogen and oxygen atoms in total. The standard InChI is InChI=1S/C35H47N3O8S/c1-6-43-24-14-12-23(13-15-24)17-27(37-34(42)46-28-19-45-33-25(28)11-8-16-44-33)29(39)32(41)38-20-47-35(4,5)30(38)31(40)36-18-26-21(2)9-7-10-22(26)3/h7,9-10,12-15,25,27-30,33,39H,6,8,11,16-20H2,1-5H3,(H,36,40)(H,37,42)/t25-,27+,28-,29+,30-,33+/m1/s1. The van der Waals surface area contributed by atoms with Crippen LogP contribution in [0.2, 0.25) is 0 Å². The number of hydrogen-bond acceptors (Lipinski definition) is 9. The van der Waals surface area contributed by atoms with E-state index >= 15 is 0 Å². The molecule has 2 aromatic carbocycles. The Morgan fingerprint density at radius 3 is 2.53 bits per heavy atom. The molecule has 3 aliphatic heterocycles. The van der Waals surface area contributed by atoms with E-state index in [2.05, 4.69) is 10.6 Å². The Kier molecular flexibility index (Phi) is 11.4. The Labute approximate surface area is 281 Å². The van der Waals surface area contributed by atoms with Crippen LogP contribution in [0.5, 0.6) is 5.75 Å². The highest BCUT2D eigenvalue weighted by molar-refractivity contribution is 8.00. The number of aryl methyl sites for hydroxylation is 2. The first-order chi connectivity index (χ1) is 22.5. The lowest BCUT2D eigenvalue weighted by molar-refractivity contribution is -0.152. The van der Waals surface area contributed by atoms with Crippen molar-refractivity contribution in [1.29, 1.82) is 0 Å². The molecule has 3 fully saturated rings. The molecule has 2 aromatic rings. The van der Waals surface area contributed by atoms with Gasteiger partial charge in [0.1, 0.15) is 17.9 Å². The molecule has 6 atom stereocenters. The summed E-state index contributed by atoms with van der Waals surface area (Å²) in [5.41, 5.74) is 3.94. The minimum absolute atomic E-state index is 0.0720. The van der Waals surface area contributed by atoms with E-state index in [-0.39, 0.29) is 30.7 Å². The average Bonchev–Trinajstić information content (AvgIpc) is 3.60. The molecule has 256 valence electrons. The summed E-state index contributed by atoms with van der Waals surface area (Å²) in [4.78, 5) is 42.4. The van der Waals surface area contributed by atoms with Crippen LogP contribution >= 0.6 is 11.8 Å². The van der Waals surface area contributed by atoms with Gasteiger partial charge in [0, 0.05) is 23.8 Å². The van der Waals surface area contributed by atoms with Gasteiger partial charge in [0.2, 0.25) is 5.91 Å². The summed E-state index contributed by atoms with van der Waals surface area (Å²) < 4.78 is 22.0. The quantitative estimate of drug-likeness (QED) is 0.326. The molecule has 0 spiro atoms. The van der Waals surface area contributed by atoms with Crippen molar-refractivity contribution in [3.05, 3.63) is 64.7 Å². The average molecular weight is 670 g/mol. The fourth-order valence-corrected chi connectivity index (χ4v) is 7.75. The second-order valence-corrected chi connectivity index (χ2v) is 14.6. The molecular formula is C35H47N3O8S. The van der Waals surface area contributed by atoms with Gasteiger partial charge in [0.05, 0.1) is 25.1 Å². The minimum Gasteiger partial charge on any atom is -0.494 e. The van der Waals surface area contributed by atoms with Crippen LogP contribution in [0.15, 0.2) is 42.5 Å². The summed E-state index contributed by atoms with van der Waals surface area (Å²) in [5.74, 6) is -0.112. The van der Waals surface area contributed by atoms with E-state index < -0.39 is 47.3 Å². The number of carbonyl (C=O) groups excluding carboxylic acids is 3. The van der Waals surface area contributed by atoms with E-state index in [0.29, 0.717) is 25.5 Å². The molecule has 3 saturated heterocycles. The molecule has 12 heteroatoms. The topological polar surface area (TPSA) is 136 Å². The van der Waals surface area contributed by atoms with Crippen LogP contribution in [0, 0.1) is 19.8 Å². The van der Waals surface area contributed by atoms with Gasteiger partial charge in [-0.1, -0.05) is 30.3 Å². The van der Waals surface area contributed by atoms with Crippen molar-refractivity contribution in [2.24, 2.45) is 5.92 Å². The molecule has 3 amide bonds. The maximum atomic E-state index is 14.0. The maximum Gasteiger partial charge on any atom is 0.407 e. The molecule has 0 radical (unpaired) electrons. The Balaban J connectivity index is 1.31. The monoisotopic (exact) mass is 669 g/mol. The molecule has 3 N–H and O–H groups in total. The van der Waals surface area contributed by atoms with Crippen LogP contribution in [0.25, 0.3) is 0 Å². The number of benzene rings is 2. The van der Waals surface area contributed by atoms with Crippen molar-refractivity contribution < 1.29 is 38.4 Å². The second-order valence-electron chi connectivity index (χ2n) is 13.0. The zero-order valence-corrected chi connectivity index (χ0v) is 28.6. The van der Waals surface area contributed by atoms with Crippen molar-refractivity contribution >= 4 is 29.7 Å². The first-order valence-electron chi connectivity index (χ1n) is 16.4. The molecule has 3 aliphatic rings. The van der Waals surface area contributed by atoms with Gasteiger partial charge in [0.25, 0.3) is 5.91 Å². The van der Waals surface area contributed by atoms with Crippen molar-refractivity contribution in [3.63, 3.8) is 0 Å². The molecule has 0 unspecified atom stereocenters. The third kappa shape index (κ3) is 8.22. The third-order valence-electron chi connectivity index (χ3n) is 9.26. The number of aliphatic hydroxyl groups excluding tert-OH is 1. The van der Waals surface area contributed by atoms with Gasteiger partial charge < -0.3 is 39.6 Å². The van der Waals surface area contributed by atoms with E-state index in [1.54, 1.807) is 12.1 Å². The molecule has 3 heterocycles. The molecule has 0 bridgehead atoms. The maximum absolute atomic E-state index is 14.0. The normalized spacial score (nSPS) is 24.6. The summed E-state index contributed by atoms with van der Waals surface area (Å²) in [5, 5.41) is 17.4. The number of rotatable bonds is 11. The lowest BCUT2D eigenvalue weighted by Gasteiger charge is -2.33. The minimum atomic E-state index is -1.65. The highest BCUT2D eigenvalue weighted by Crippen LogP contribution is 2.40. The largest absolute Gasteiger partial charge is 0.494 e. The Hall–Kier alpha value is -3.32. The number of amides is 3. The van der Waals surface area contributed by atoms with Gasteiger partial charge in [-0.25, -0.2) is 4.79 Å². The lowest BCUT2D eigenvalue weighted by Crippen LogP contribution is -2.58. The first-order valence-corrected chi connectivity index (χ1v) is 17.3. The number of ether oxygens (including phenoxy) is 4. The number of aliphatic hydroxyl groups is 1. The summed E-state index contributed by atoms with van der Waals surface area (Å²) in [6.07, 6.45) is -1.51. The van der Waals surface area contributed by atoms with Gasteiger partial charge >= 0.3 is 6.09 Å². The number of carbonyl (C=O) groups is 3.